The average molecular weight is 450 g/mol. The number of H-pyrrole nitrogens is 1. The highest BCUT2D eigenvalue weighted by Gasteiger charge is 2.28. The van der Waals surface area contributed by atoms with Crippen molar-refractivity contribution in [3.63, 3.8) is 0 Å². The molecule has 168 valence electrons. The van der Waals surface area contributed by atoms with Gasteiger partial charge in [-0.2, -0.15) is 0 Å². The molecule has 1 aliphatic rings. The van der Waals surface area contributed by atoms with Crippen LogP contribution in [0, 0.1) is 17.5 Å². The van der Waals surface area contributed by atoms with Crippen molar-refractivity contribution < 1.29 is 27.6 Å². The Labute approximate surface area is 189 Å². The minimum absolute atomic E-state index is 0.128. The first-order valence-corrected chi connectivity index (χ1v) is 11.0. The van der Waals surface area contributed by atoms with Gasteiger partial charge >= 0.3 is 0 Å². The number of hydrogen-bond acceptors (Lipinski definition) is 2. The van der Waals surface area contributed by atoms with E-state index in [2.05, 4.69) is 4.98 Å². The minimum atomic E-state index is -0.945. The Hall–Kier alpha value is -3.38. The second kappa shape index (κ2) is 9.24. The molecule has 0 atom stereocenters. The molecule has 3 nitrogen and oxygen atoms in total. The van der Waals surface area contributed by atoms with Gasteiger partial charge in [-0.05, 0) is 42.2 Å². The van der Waals surface area contributed by atoms with Gasteiger partial charge in [-0.1, -0.05) is 36.4 Å². The molecule has 0 saturated carbocycles. The predicted octanol–water partition coefficient (Wildman–Crippen LogP) is 6.21. The second-order valence-electron chi connectivity index (χ2n) is 8.23. The number of halogens is 3. The topological polar surface area (TPSA) is 32.6 Å². The van der Waals surface area contributed by atoms with Crippen LogP contribution in [-0.2, 0) is 11.3 Å². The van der Waals surface area contributed by atoms with E-state index in [9.17, 15) is 13.2 Å². The number of ether oxygens (including phenoxy) is 2. The summed E-state index contributed by atoms with van der Waals surface area (Å²) in [7, 11) is 0. The average Bonchev–Trinajstić information content (AvgIpc) is 2.84. The summed E-state index contributed by atoms with van der Waals surface area (Å²) in [5.74, 6) is -1.82. The van der Waals surface area contributed by atoms with Crippen molar-refractivity contribution in [2.24, 2.45) is 0 Å². The zero-order chi connectivity index (χ0) is 22.8. The van der Waals surface area contributed by atoms with Gasteiger partial charge in [-0.15, -0.1) is 0 Å². The van der Waals surface area contributed by atoms with Gasteiger partial charge in [-0.3, -0.25) is 0 Å². The van der Waals surface area contributed by atoms with Crippen molar-refractivity contribution in [1.82, 2.24) is 0 Å². The molecule has 3 aromatic carbocycles. The maximum Gasteiger partial charge on any atom is 0.191 e. The largest absolute Gasteiger partial charge is 0.488 e. The molecule has 0 aliphatic carbocycles. The van der Waals surface area contributed by atoms with E-state index in [1.54, 1.807) is 0 Å². The highest BCUT2D eigenvalue weighted by molar-refractivity contribution is 5.99. The van der Waals surface area contributed by atoms with E-state index >= 15 is 0 Å². The van der Waals surface area contributed by atoms with Crippen LogP contribution in [0.25, 0.3) is 21.9 Å². The summed E-state index contributed by atoms with van der Waals surface area (Å²) in [6.45, 7) is 1.51. The number of aromatic amines is 1. The van der Waals surface area contributed by atoms with Crippen molar-refractivity contribution in [3.8, 4) is 16.9 Å². The Balaban J connectivity index is 1.67. The molecular formula is C27H23F3NO2+. The molecule has 5 rings (SSSR count). The van der Waals surface area contributed by atoms with E-state index in [4.69, 9.17) is 9.47 Å². The Morgan fingerprint density at radius 2 is 1.67 bits per heavy atom. The summed E-state index contributed by atoms with van der Waals surface area (Å²) in [5, 5.41) is 1.26. The van der Waals surface area contributed by atoms with Crippen LogP contribution in [0.3, 0.4) is 0 Å². The van der Waals surface area contributed by atoms with Crippen LogP contribution in [0.2, 0.25) is 0 Å². The van der Waals surface area contributed by atoms with Crippen molar-refractivity contribution in [3.05, 3.63) is 95.6 Å². The van der Waals surface area contributed by atoms with Gasteiger partial charge in [0.25, 0.3) is 0 Å². The summed E-state index contributed by atoms with van der Waals surface area (Å²) in [6, 6.07) is 16.2. The smallest absolute Gasteiger partial charge is 0.191 e. The standard InChI is InChI=1S/C27H22F3NO2/c28-20-13-21-22(25(14-20)33-16-17-4-2-1-3-5-17)15-31-27(18-8-10-32-11-9-18)26(21)19-6-7-23(29)24(30)12-19/h1-7,12-15,18H,8-11,16H2/p+1. The van der Waals surface area contributed by atoms with Gasteiger partial charge in [0.15, 0.2) is 23.5 Å². The Bertz CT molecular complexity index is 1290. The lowest BCUT2D eigenvalue weighted by Gasteiger charge is -2.21. The zero-order valence-corrected chi connectivity index (χ0v) is 17.9. The fourth-order valence-electron chi connectivity index (χ4n) is 4.44. The van der Waals surface area contributed by atoms with E-state index in [0.29, 0.717) is 40.9 Å². The maximum absolute atomic E-state index is 14.8. The summed E-state index contributed by atoms with van der Waals surface area (Å²) in [6.07, 6.45) is 3.38. The van der Waals surface area contributed by atoms with E-state index in [1.807, 2.05) is 36.5 Å². The summed E-state index contributed by atoms with van der Waals surface area (Å²) < 4.78 is 54.2. The zero-order valence-electron chi connectivity index (χ0n) is 17.9. The van der Waals surface area contributed by atoms with Crippen molar-refractivity contribution in [1.29, 1.82) is 0 Å². The van der Waals surface area contributed by atoms with Crippen molar-refractivity contribution >= 4 is 10.8 Å². The number of fused-ring (bicyclic) bond motifs is 1. The van der Waals surface area contributed by atoms with Gasteiger partial charge in [0.1, 0.15) is 18.2 Å². The van der Waals surface area contributed by atoms with Crippen LogP contribution in [0.1, 0.15) is 30.0 Å². The molecule has 1 fully saturated rings. The lowest BCUT2D eigenvalue weighted by atomic mass is 9.87. The number of nitrogens with one attached hydrogen (secondary N) is 1. The summed E-state index contributed by atoms with van der Waals surface area (Å²) >= 11 is 0. The number of hydrogen-bond donors (Lipinski definition) is 0. The first kappa shape index (κ1) is 21.5. The van der Waals surface area contributed by atoms with Crippen LogP contribution >= 0.6 is 0 Å². The lowest BCUT2D eigenvalue weighted by molar-refractivity contribution is -0.391. The fourth-order valence-corrected chi connectivity index (χ4v) is 4.44. The van der Waals surface area contributed by atoms with Crippen LogP contribution in [0.4, 0.5) is 13.2 Å². The number of aromatic nitrogens is 1. The number of rotatable bonds is 5. The molecule has 0 spiro atoms. The predicted molar refractivity (Wildman–Crippen MR) is 119 cm³/mol. The Morgan fingerprint density at radius 3 is 2.42 bits per heavy atom. The molecule has 1 aromatic heterocycles. The second-order valence-corrected chi connectivity index (χ2v) is 8.23. The molecule has 1 saturated heterocycles. The lowest BCUT2D eigenvalue weighted by Crippen LogP contribution is -2.23. The van der Waals surface area contributed by atoms with Crippen molar-refractivity contribution in [2.45, 2.75) is 25.4 Å². The molecule has 0 unspecified atom stereocenters. The molecule has 0 bridgehead atoms. The van der Waals surface area contributed by atoms with Crippen LogP contribution in [0.5, 0.6) is 5.75 Å². The third-order valence-corrected chi connectivity index (χ3v) is 6.09. The first-order chi connectivity index (χ1) is 16.1. The van der Waals surface area contributed by atoms with Gasteiger partial charge in [0, 0.05) is 30.6 Å². The normalized spacial score (nSPS) is 14.5. The van der Waals surface area contributed by atoms with Gasteiger partial charge in [-0.25, -0.2) is 18.2 Å². The van der Waals surface area contributed by atoms with Crippen LogP contribution in [0.15, 0.2) is 66.9 Å². The molecule has 6 heteroatoms. The molecule has 0 amide bonds. The fraction of sp³-hybridized carbons (Fsp3) is 0.222. The third-order valence-electron chi connectivity index (χ3n) is 6.09. The SMILES string of the molecule is Fc1cc(OCc2ccccc2)c2c[nH+]c(C3CCOCC3)c(-c3ccc(F)c(F)c3)c2c1. The van der Waals surface area contributed by atoms with Gasteiger partial charge in [0.05, 0.1) is 10.9 Å². The Morgan fingerprint density at radius 1 is 0.879 bits per heavy atom. The van der Waals surface area contributed by atoms with E-state index in [1.165, 1.54) is 18.2 Å². The Kier molecular flexibility index (Phi) is 6.01. The van der Waals surface area contributed by atoms with Crippen molar-refractivity contribution in [2.75, 3.05) is 13.2 Å². The molecule has 1 N–H and O–H groups in total. The summed E-state index contributed by atoms with van der Waals surface area (Å²) in [4.78, 5) is 3.37. The van der Waals surface area contributed by atoms with E-state index in [0.717, 1.165) is 36.2 Å². The molecule has 33 heavy (non-hydrogen) atoms. The van der Waals surface area contributed by atoms with E-state index < -0.39 is 17.5 Å². The van der Waals surface area contributed by atoms with Gasteiger partial charge < -0.3 is 9.47 Å². The first-order valence-electron chi connectivity index (χ1n) is 11.0. The minimum Gasteiger partial charge on any atom is -0.488 e. The molecular weight excluding hydrogens is 427 g/mol. The van der Waals surface area contributed by atoms with E-state index in [-0.39, 0.29) is 12.5 Å². The maximum atomic E-state index is 14.8. The monoisotopic (exact) mass is 450 g/mol. The van der Waals surface area contributed by atoms with Gasteiger partial charge in [0.2, 0.25) is 0 Å². The third kappa shape index (κ3) is 4.44. The van der Waals surface area contributed by atoms with Crippen LogP contribution < -0.4 is 9.72 Å². The highest BCUT2D eigenvalue weighted by Crippen LogP contribution is 2.40. The van der Waals surface area contributed by atoms with Crippen LogP contribution in [-0.4, -0.2) is 13.2 Å². The summed E-state index contributed by atoms with van der Waals surface area (Å²) in [5.41, 5.74) is 2.95. The molecule has 4 aromatic rings. The quantitative estimate of drug-likeness (QED) is 0.362. The molecule has 2 heterocycles. The highest BCUT2D eigenvalue weighted by atomic mass is 19.2. The number of pyridine rings is 1. The molecule has 1 aliphatic heterocycles. The molecule has 0 radical (unpaired) electrons. The number of benzene rings is 3.